The molecule has 0 amide bonds. The molecule has 2 aromatic rings. The first-order valence-corrected chi connectivity index (χ1v) is 6.87. The quantitative estimate of drug-likeness (QED) is 0.897. The van der Waals surface area contributed by atoms with Crippen LogP contribution in [0.5, 0.6) is 5.75 Å². The third-order valence-electron chi connectivity index (χ3n) is 4.18. The van der Waals surface area contributed by atoms with E-state index in [-0.39, 0.29) is 5.54 Å². The van der Waals surface area contributed by atoms with E-state index in [4.69, 9.17) is 10.5 Å². The number of pyridine rings is 1. The average Bonchev–Trinajstić information content (AvgIpc) is 2.85. The monoisotopic (exact) mass is 256 g/mol. The van der Waals surface area contributed by atoms with Crippen LogP contribution in [-0.2, 0) is 5.54 Å². The van der Waals surface area contributed by atoms with Crippen molar-refractivity contribution < 1.29 is 4.74 Å². The maximum atomic E-state index is 6.64. The van der Waals surface area contributed by atoms with Gasteiger partial charge in [-0.2, -0.15) is 0 Å². The predicted molar refractivity (Wildman–Crippen MR) is 77.4 cm³/mol. The lowest BCUT2D eigenvalue weighted by Crippen LogP contribution is -2.33. The minimum Gasteiger partial charge on any atom is -0.497 e. The van der Waals surface area contributed by atoms with Gasteiger partial charge in [0.15, 0.2) is 0 Å². The van der Waals surface area contributed by atoms with Gasteiger partial charge in [-0.25, -0.2) is 0 Å². The van der Waals surface area contributed by atoms with Crippen LogP contribution in [0.3, 0.4) is 0 Å². The van der Waals surface area contributed by atoms with E-state index in [1.165, 1.54) is 18.4 Å². The van der Waals surface area contributed by atoms with Crippen molar-refractivity contribution in [2.45, 2.75) is 38.1 Å². The molecule has 1 aliphatic rings. The molecule has 0 bridgehead atoms. The van der Waals surface area contributed by atoms with Crippen molar-refractivity contribution in [3.05, 3.63) is 35.5 Å². The molecule has 3 heteroatoms. The average molecular weight is 256 g/mol. The zero-order valence-electron chi connectivity index (χ0n) is 11.6. The van der Waals surface area contributed by atoms with E-state index >= 15 is 0 Å². The Hall–Kier alpha value is -1.61. The topological polar surface area (TPSA) is 48.1 Å². The van der Waals surface area contributed by atoms with Gasteiger partial charge in [0.05, 0.1) is 12.6 Å². The van der Waals surface area contributed by atoms with Gasteiger partial charge in [-0.15, -0.1) is 0 Å². The summed E-state index contributed by atoms with van der Waals surface area (Å²) in [5.41, 5.74) is 9.71. The van der Waals surface area contributed by atoms with Crippen LogP contribution in [0.2, 0.25) is 0 Å². The molecule has 100 valence electrons. The molecule has 0 aliphatic heterocycles. The van der Waals surface area contributed by atoms with E-state index in [9.17, 15) is 0 Å². The zero-order chi connectivity index (χ0) is 13.5. The molecule has 1 aliphatic carbocycles. The van der Waals surface area contributed by atoms with E-state index in [2.05, 4.69) is 17.1 Å². The fourth-order valence-corrected chi connectivity index (χ4v) is 3.15. The zero-order valence-corrected chi connectivity index (χ0v) is 11.6. The van der Waals surface area contributed by atoms with E-state index < -0.39 is 0 Å². The number of hydrogen-bond donors (Lipinski definition) is 1. The maximum absolute atomic E-state index is 6.64. The summed E-state index contributed by atoms with van der Waals surface area (Å²) >= 11 is 0. The molecule has 1 saturated carbocycles. The molecule has 0 radical (unpaired) electrons. The highest BCUT2D eigenvalue weighted by atomic mass is 16.5. The van der Waals surface area contributed by atoms with Crippen molar-refractivity contribution in [2.75, 3.05) is 7.11 Å². The molecule has 2 N–H and O–H groups in total. The summed E-state index contributed by atoms with van der Waals surface area (Å²) in [7, 11) is 1.69. The van der Waals surface area contributed by atoms with Crippen molar-refractivity contribution in [3.63, 3.8) is 0 Å². The van der Waals surface area contributed by atoms with Gasteiger partial charge in [0.25, 0.3) is 0 Å². The second-order valence-corrected chi connectivity index (χ2v) is 5.56. The first-order valence-electron chi connectivity index (χ1n) is 6.87. The number of benzene rings is 1. The lowest BCUT2D eigenvalue weighted by atomic mass is 9.86. The van der Waals surface area contributed by atoms with Crippen LogP contribution < -0.4 is 10.5 Å². The fraction of sp³-hybridized carbons (Fsp3) is 0.438. The summed E-state index contributed by atoms with van der Waals surface area (Å²) < 4.78 is 5.33. The Labute approximate surface area is 113 Å². The fourth-order valence-electron chi connectivity index (χ4n) is 3.15. The Morgan fingerprint density at radius 2 is 1.95 bits per heavy atom. The number of ether oxygens (including phenoxy) is 1. The van der Waals surface area contributed by atoms with Gasteiger partial charge < -0.3 is 10.5 Å². The van der Waals surface area contributed by atoms with Gasteiger partial charge >= 0.3 is 0 Å². The smallest absolute Gasteiger partial charge is 0.119 e. The molecule has 0 saturated heterocycles. The number of aromatic nitrogens is 1. The highest BCUT2D eigenvalue weighted by Crippen LogP contribution is 2.40. The van der Waals surface area contributed by atoms with Gasteiger partial charge in [0.1, 0.15) is 5.75 Å². The van der Waals surface area contributed by atoms with Crippen molar-refractivity contribution in [3.8, 4) is 5.75 Å². The molecule has 0 unspecified atom stereocenters. The minimum atomic E-state index is -0.196. The number of nitrogens with two attached hydrogens (primary N) is 1. The number of rotatable bonds is 2. The molecule has 3 nitrogen and oxygen atoms in total. The van der Waals surface area contributed by atoms with Gasteiger partial charge in [0.2, 0.25) is 0 Å². The Morgan fingerprint density at radius 1 is 1.21 bits per heavy atom. The third-order valence-corrected chi connectivity index (χ3v) is 4.18. The number of aryl methyl sites for hydroxylation is 1. The van der Waals surface area contributed by atoms with Crippen LogP contribution in [0.25, 0.3) is 10.9 Å². The van der Waals surface area contributed by atoms with Crippen molar-refractivity contribution in [1.29, 1.82) is 0 Å². The standard InChI is InChI=1S/C16H20N2O/c1-11-9-14(16(17)7-3-4-8-16)13-10-12(19-2)5-6-15(13)18-11/h5-6,9-10H,3-4,7-8,17H2,1-2H3. The number of nitrogens with zero attached hydrogens (tertiary/aromatic N) is 1. The largest absolute Gasteiger partial charge is 0.497 e. The number of fused-ring (bicyclic) bond motifs is 1. The summed E-state index contributed by atoms with van der Waals surface area (Å²) in [5.74, 6) is 0.862. The first kappa shape index (κ1) is 12.4. The van der Waals surface area contributed by atoms with Gasteiger partial charge in [-0.3, -0.25) is 4.98 Å². The molecular weight excluding hydrogens is 236 g/mol. The number of hydrogen-bond acceptors (Lipinski definition) is 3. The van der Waals surface area contributed by atoms with Crippen LogP contribution in [0.15, 0.2) is 24.3 Å². The molecular formula is C16H20N2O. The van der Waals surface area contributed by atoms with Gasteiger partial charge in [0, 0.05) is 16.6 Å². The molecule has 1 heterocycles. The van der Waals surface area contributed by atoms with Crippen LogP contribution >= 0.6 is 0 Å². The Bertz CT molecular complexity index is 615. The molecule has 0 spiro atoms. The lowest BCUT2D eigenvalue weighted by Gasteiger charge is -2.26. The van der Waals surface area contributed by atoms with Crippen molar-refractivity contribution >= 4 is 10.9 Å². The summed E-state index contributed by atoms with van der Waals surface area (Å²) in [4.78, 5) is 4.60. The minimum absolute atomic E-state index is 0.196. The van der Waals surface area contributed by atoms with Gasteiger partial charge in [-0.1, -0.05) is 12.8 Å². The maximum Gasteiger partial charge on any atom is 0.119 e. The van der Waals surface area contributed by atoms with Crippen LogP contribution in [0, 0.1) is 6.92 Å². The summed E-state index contributed by atoms with van der Waals surface area (Å²) in [6.07, 6.45) is 4.54. The van der Waals surface area contributed by atoms with Crippen molar-refractivity contribution in [2.24, 2.45) is 5.73 Å². The van der Waals surface area contributed by atoms with Crippen LogP contribution in [0.1, 0.15) is 36.9 Å². The second kappa shape index (κ2) is 4.49. The molecule has 19 heavy (non-hydrogen) atoms. The number of methoxy groups -OCH3 is 1. The molecule has 0 atom stereocenters. The van der Waals surface area contributed by atoms with E-state index in [1.54, 1.807) is 7.11 Å². The summed E-state index contributed by atoms with van der Waals surface area (Å²) in [6.45, 7) is 2.03. The van der Waals surface area contributed by atoms with E-state index in [0.29, 0.717) is 0 Å². The SMILES string of the molecule is COc1ccc2nc(C)cc(C3(N)CCCC3)c2c1. The van der Waals surface area contributed by atoms with Crippen molar-refractivity contribution in [1.82, 2.24) is 4.98 Å². The highest BCUT2D eigenvalue weighted by Gasteiger charge is 2.33. The highest BCUT2D eigenvalue weighted by molar-refractivity contribution is 5.85. The summed E-state index contributed by atoms with van der Waals surface area (Å²) in [5, 5.41) is 1.13. The van der Waals surface area contributed by atoms with Crippen LogP contribution in [-0.4, -0.2) is 12.1 Å². The molecule has 1 fully saturated rings. The Morgan fingerprint density at radius 3 is 2.63 bits per heavy atom. The normalized spacial score (nSPS) is 17.8. The van der Waals surface area contributed by atoms with Crippen LogP contribution in [0.4, 0.5) is 0 Å². The lowest BCUT2D eigenvalue weighted by molar-refractivity contribution is 0.415. The van der Waals surface area contributed by atoms with E-state index in [1.807, 2.05) is 19.1 Å². The molecule has 3 rings (SSSR count). The second-order valence-electron chi connectivity index (χ2n) is 5.56. The summed E-state index contributed by atoms with van der Waals surface area (Å²) in [6, 6.07) is 8.18. The Balaban J connectivity index is 2.26. The first-order chi connectivity index (χ1) is 9.12. The van der Waals surface area contributed by atoms with E-state index in [0.717, 1.165) is 35.2 Å². The Kier molecular flexibility index (Phi) is 2.94. The third kappa shape index (κ3) is 2.08. The predicted octanol–water partition coefficient (Wildman–Crippen LogP) is 3.28. The van der Waals surface area contributed by atoms with Gasteiger partial charge in [-0.05, 0) is 49.6 Å². The molecule has 1 aromatic carbocycles. The molecule has 1 aromatic heterocycles.